The van der Waals surface area contributed by atoms with Gasteiger partial charge in [-0.1, -0.05) is 17.4 Å². The summed E-state index contributed by atoms with van der Waals surface area (Å²) in [6.07, 6.45) is 3.11. The van der Waals surface area contributed by atoms with Gasteiger partial charge in [0, 0.05) is 11.1 Å². The molecule has 0 saturated heterocycles. The van der Waals surface area contributed by atoms with Crippen molar-refractivity contribution in [1.29, 1.82) is 0 Å². The van der Waals surface area contributed by atoms with Gasteiger partial charge in [0.15, 0.2) is 5.13 Å². The summed E-state index contributed by atoms with van der Waals surface area (Å²) in [4.78, 5) is 4.41. The quantitative estimate of drug-likeness (QED) is 0.303. The number of anilines is 2. The van der Waals surface area contributed by atoms with Gasteiger partial charge in [-0.25, -0.2) is 4.98 Å². The smallest absolute Gasteiger partial charge is 0.181 e. The number of hydrogen-bond acceptors (Lipinski definition) is 7. The lowest BCUT2D eigenvalue weighted by molar-refractivity contribution is -0.0335. The lowest BCUT2D eigenvalue weighted by Crippen LogP contribution is -2.42. The molecule has 3 aliphatic rings. The Bertz CT molecular complexity index is 1350. The third kappa shape index (κ3) is 2.54. The molecule has 8 heteroatoms. The lowest BCUT2D eigenvalue weighted by Gasteiger charge is -2.44. The van der Waals surface area contributed by atoms with Crippen molar-refractivity contribution in [2.75, 3.05) is 11.1 Å². The van der Waals surface area contributed by atoms with E-state index in [1.54, 1.807) is 0 Å². The number of hydrogen-bond donors (Lipinski definition) is 5. The van der Waals surface area contributed by atoms with Crippen molar-refractivity contribution in [3.05, 3.63) is 47.7 Å². The molecule has 7 atom stereocenters. The van der Waals surface area contributed by atoms with E-state index in [0.717, 1.165) is 39.6 Å². The van der Waals surface area contributed by atoms with E-state index < -0.39 is 12.2 Å². The number of benzene rings is 2. The van der Waals surface area contributed by atoms with Crippen molar-refractivity contribution in [3.8, 4) is 0 Å². The highest BCUT2D eigenvalue weighted by Crippen LogP contribution is 2.62. The zero-order valence-corrected chi connectivity index (χ0v) is 18.2. The third-order valence-electron chi connectivity index (χ3n) is 8.14. The SMILES string of the molecule is Nc1nc2ccc([C@@H]3Nc4ccc5[nH]ncc5c4C4C5CC[C@@H](O)[C@@H](O)C(C5)[C@H]43)cc2s1. The first-order chi connectivity index (χ1) is 15.6. The van der Waals surface area contributed by atoms with Crippen LogP contribution >= 0.6 is 11.3 Å². The van der Waals surface area contributed by atoms with Crippen molar-refractivity contribution in [2.45, 2.75) is 43.4 Å². The van der Waals surface area contributed by atoms with E-state index in [-0.39, 0.29) is 17.9 Å². The molecule has 0 spiro atoms. The van der Waals surface area contributed by atoms with Gasteiger partial charge in [0.2, 0.25) is 0 Å². The fraction of sp³-hybridized carbons (Fsp3) is 0.417. The molecule has 2 fully saturated rings. The van der Waals surface area contributed by atoms with E-state index in [1.165, 1.54) is 22.5 Å². The number of fused-ring (bicyclic) bond motifs is 10. The maximum absolute atomic E-state index is 11.1. The van der Waals surface area contributed by atoms with Crippen molar-refractivity contribution >= 4 is 43.3 Å². The van der Waals surface area contributed by atoms with Crippen LogP contribution < -0.4 is 11.1 Å². The van der Waals surface area contributed by atoms with Crippen LogP contribution in [0.2, 0.25) is 0 Å². The van der Waals surface area contributed by atoms with Crippen LogP contribution in [0.1, 0.15) is 42.3 Å². The first kappa shape index (κ1) is 18.8. The third-order valence-corrected chi connectivity index (χ3v) is 8.99. The zero-order valence-electron chi connectivity index (χ0n) is 17.4. The van der Waals surface area contributed by atoms with Crippen LogP contribution in [0, 0.1) is 17.8 Å². The Morgan fingerprint density at radius 1 is 1.12 bits per heavy atom. The molecular formula is C24H25N5O2S. The van der Waals surface area contributed by atoms with Crippen LogP contribution in [-0.2, 0) is 0 Å². The highest BCUT2D eigenvalue weighted by Gasteiger charge is 2.55. The van der Waals surface area contributed by atoms with Crippen LogP contribution in [0.25, 0.3) is 21.1 Å². The number of rotatable bonds is 1. The number of H-pyrrole nitrogens is 1. The monoisotopic (exact) mass is 447 g/mol. The Morgan fingerprint density at radius 3 is 2.94 bits per heavy atom. The number of aliphatic hydroxyl groups excluding tert-OH is 2. The average Bonchev–Trinajstić information content (AvgIpc) is 3.49. The fourth-order valence-electron chi connectivity index (χ4n) is 6.87. The van der Waals surface area contributed by atoms with Crippen molar-refractivity contribution in [3.63, 3.8) is 0 Å². The van der Waals surface area contributed by atoms with Crippen LogP contribution in [0.4, 0.5) is 10.8 Å². The summed E-state index contributed by atoms with van der Waals surface area (Å²) >= 11 is 1.51. The number of nitrogen functional groups attached to an aromatic ring is 1. The molecule has 0 amide bonds. The summed E-state index contributed by atoms with van der Waals surface area (Å²) < 4.78 is 1.08. The summed E-state index contributed by atoms with van der Waals surface area (Å²) in [5.74, 6) is 0.966. The number of aromatic amines is 1. The Hall–Kier alpha value is -2.68. The summed E-state index contributed by atoms with van der Waals surface area (Å²) in [5.41, 5.74) is 11.6. The Labute approximate surface area is 188 Å². The first-order valence-corrected chi connectivity index (χ1v) is 12.1. The fourth-order valence-corrected chi connectivity index (χ4v) is 7.65. The second-order valence-corrected chi connectivity index (χ2v) is 10.7. The van der Waals surface area contributed by atoms with Gasteiger partial charge in [-0.2, -0.15) is 5.10 Å². The van der Waals surface area contributed by atoms with Gasteiger partial charge >= 0.3 is 0 Å². The molecule has 2 saturated carbocycles. The molecule has 6 N–H and O–H groups in total. The number of aliphatic hydroxyl groups is 2. The summed E-state index contributed by atoms with van der Waals surface area (Å²) in [7, 11) is 0. The highest BCUT2D eigenvalue weighted by atomic mass is 32.1. The average molecular weight is 448 g/mol. The molecule has 2 aliphatic carbocycles. The minimum absolute atomic E-state index is 0.0394. The molecule has 2 aromatic carbocycles. The molecule has 3 unspecified atom stereocenters. The predicted octanol–water partition coefficient (Wildman–Crippen LogP) is 3.77. The van der Waals surface area contributed by atoms with Crippen LogP contribution in [0.15, 0.2) is 36.5 Å². The Balaban J connectivity index is 1.43. The van der Waals surface area contributed by atoms with Crippen LogP contribution in [-0.4, -0.2) is 37.6 Å². The molecule has 32 heavy (non-hydrogen) atoms. The highest BCUT2D eigenvalue weighted by molar-refractivity contribution is 7.22. The van der Waals surface area contributed by atoms with Crippen LogP contribution in [0.3, 0.4) is 0 Å². The molecule has 7 rings (SSSR count). The summed E-state index contributed by atoms with van der Waals surface area (Å²) in [6.45, 7) is 0. The standard InChI is InChI=1S/C24H25N5O2S/c25-24-28-15-3-1-11(8-18(15)32-24)22-21-12-7-10(2-6-17(30)23(12)31)19(21)20-13-9-26-29-14(13)4-5-16(20)27-22/h1,3-5,8-10,12,17,19,21-23,27,30-31H,2,6-7H2,(H2,25,28)(H,26,29)/t10?,12?,17-,19?,21-,22+,23+/m1/s1. The van der Waals surface area contributed by atoms with E-state index in [1.807, 2.05) is 12.3 Å². The maximum atomic E-state index is 11.1. The molecule has 1 aliphatic heterocycles. The Morgan fingerprint density at radius 2 is 2.03 bits per heavy atom. The molecular weight excluding hydrogens is 422 g/mol. The number of aromatic nitrogens is 3. The molecule has 2 aromatic heterocycles. The van der Waals surface area contributed by atoms with Gasteiger partial charge in [0.25, 0.3) is 0 Å². The van der Waals surface area contributed by atoms with E-state index in [2.05, 4.69) is 44.8 Å². The molecule has 0 radical (unpaired) electrons. The van der Waals surface area contributed by atoms with Gasteiger partial charge in [0.05, 0.1) is 40.2 Å². The van der Waals surface area contributed by atoms with E-state index in [0.29, 0.717) is 23.4 Å². The van der Waals surface area contributed by atoms with Crippen molar-refractivity contribution < 1.29 is 10.2 Å². The number of nitrogens with one attached hydrogen (secondary N) is 2. The van der Waals surface area contributed by atoms with Gasteiger partial charge in [0.1, 0.15) is 0 Å². The van der Waals surface area contributed by atoms with Gasteiger partial charge in [-0.05, 0) is 78.3 Å². The largest absolute Gasteiger partial charge is 0.390 e. The van der Waals surface area contributed by atoms with Gasteiger partial charge in [-0.15, -0.1) is 0 Å². The number of thiazole rings is 1. The minimum Gasteiger partial charge on any atom is -0.390 e. The van der Waals surface area contributed by atoms with E-state index in [9.17, 15) is 10.2 Å². The first-order valence-electron chi connectivity index (χ1n) is 11.3. The maximum Gasteiger partial charge on any atom is 0.181 e. The van der Waals surface area contributed by atoms with Crippen LogP contribution in [0.5, 0.6) is 0 Å². The van der Waals surface area contributed by atoms with Crippen molar-refractivity contribution in [2.24, 2.45) is 17.8 Å². The summed E-state index contributed by atoms with van der Waals surface area (Å²) in [5, 5.41) is 34.7. The van der Waals surface area contributed by atoms with E-state index in [4.69, 9.17) is 5.73 Å². The lowest BCUT2D eigenvalue weighted by atomic mass is 9.68. The second kappa shape index (κ2) is 6.66. The normalized spacial score (nSPS) is 33.6. The topological polar surface area (TPSA) is 120 Å². The zero-order chi connectivity index (χ0) is 21.6. The van der Waals surface area contributed by atoms with Gasteiger partial charge < -0.3 is 21.3 Å². The Kier molecular flexibility index (Phi) is 3.93. The molecule has 7 nitrogen and oxygen atoms in total. The molecule has 3 heterocycles. The minimum atomic E-state index is -0.702. The second-order valence-electron chi connectivity index (χ2n) is 9.66. The van der Waals surface area contributed by atoms with E-state index >= 15 is 0 Å². The predicted molar refractivity (Wildman–Crippen MR) is 126 cm³/mol. The van der Waals surface area contributed by atoms with Gasteiger partial charge in [-0.3, -0.25) is 5.10 Å². The molecule has 4 aromatic rings. The number of nitrogens with zero attached hydrogens (tertiary/aromatic N) is 2. The number of nitrogens with two attached hydrogens (primary N) is 1. The summed E-state index contributed by atoms with van der Waals surface area (Å²) in [6, 6.07) is 10.7. The molecule has 164 valence electrons. The molecule has 2 bridgehead atoms. The van der Waals surface area contributed by atoms with Crippen molar-refractivity contribution in [1.82, 2.24) is 15.2 Å².